The first kappa shape index (κ1) is 18.5. The van der Waals surface area contributed by atoms with Gasteiger partial charge in [-0.15, -0.1) is 0 Å². The topological polar surface area (TPSA) is 75.6 Å². The summed E-state index contributed by atoms with van der Waals surface area (Å²) >= 11 is 3.34. The maximum Gasteiger partial charge on any atom is 0.303 e. The van der Waals surface area contributed by atoms with Crippen molar-refractivity contribution in [2.75, 3.05) is 13.7 Å². The fraction of sp³-hybridized carbons (Fsp3) is 0.500. The van der Waals surface area contributed by atoms with E-state index < -0.39 is 5.97 Å². The maximum atomic E-state index is 12.1. The van der Waals surface area contributed by atoms with Crippen LogP contribution in [0.5, 0.6) is 5.75 Å². The van der Waals surface area contributed by atoms with E-state index in [9.17, 15) is 9.59 Å². The Bertz CT molecular complexity index is 505. The zero-order valence-electron chi connectivity index (χ0n) is 12.7. The van der Waals surface area contributed by atoms with Crippen molar-refractivity contribution in [3.8, 4) is 5.75 Å². The SMILES string of the molecule is COc1cc(Br)ccc1C(=O)NCCCCCCCC(=O)O. The van der Waals surface area contributed by atoms with E-state index >= 15 is 0 Å². The molecule has 6 heteroatoms. The van der Waals surface area contributed by atoms with Crippen LogP contribution in [-0.4, -0.2) is 30.6 Å². The molecule has 0 atom stereocenters. The predicted molar refractivity (Wildman–Crippen MR) is 88.4 cm³/mol. The average molecular weight is 372 g/mol. The summed E-state index contributed by atoms with van der Waals surface area (Å²) in [6, 6.07) is 5.29. The van der Waals surface area contributed by atoms with Gasteiger partial charge in [0.1, 0.15) is 5.75 Å². The summed E-state index contributed by atoms with van der Waals surface area (Å²) in [5.74, 6) is -0.341. The molecule has 2 N–H and O–H groups in total. The van der Waals surface area contributed by atoms with E-state index in [0.717, 1.165) is 36.6 Å². The molecule has 0 radical (unpaired) electrons. The predicted octanol–water partition coefficient (Wildman–Crippen LogP) is 3.61. The summed E-state index contributed by atoms with van der Waals surface area (Å²) < 4.78 is 6.06. The Hall–Kier alpha value is -1.56. The molecule has 0 saturated carbocycles. The molecular weight excluding hydrogens is 350 g/mol. The van der Waals surface area contributed by atoms with Gasteiger partial charge in [-0.2, -0.15) is 0 Å². The number of halogens is 1. The molecule has 22 heavy (non-hydrogen) atoms. The number of amides is 1. The summed E-state index contributed by atoms with van der Waals surface area (Å²) in [6.45, 7) is 0.608. The molecule has 1 amide bonds. The lowest BCUT2D eigenvalue weighted by Gasteiger charge is -2.09. The minimum absolute atomic E-state index is 0.143. The molecule has 1 aromatic carbocycles. The Morgan fingerprint density at radius 1 is 1.18 bits per heavy atom. The van der Waals surface area contributed by atoms with Gasteiger partial charge in [0.15, 0.2) is 0 Å². The normalized spacial score (nSPS) is 10.3. The van der Waals surface area contributed by atoms with Crippen LogP contribution < -0.4 is 10.1 Å². The fourth-order valence-electron chi connectivity index (χ4n) is 2.08. The largest absolute Gasteiger partial charge is 0.496 e. The molecule has 0 saturated heterocycles. The Labute approximate surface area is 139 Å². The van der Waals surface area contributed by atoms with Gasteiger partial charge in [-0.1, -0.05) is 35.2 Å². The number of unbranched alkanes of at least 4 members (excludes halogenated alkanes) is 4. The van der Waals surface area contributed by atoms with E-state index in [-0.39, 0.29) is 12.3 Å². The molecule has 0 aromatic heterocycles. The molecule has 0 unspecified atom stereocenters. The molecular formula is C16H22BrNO4. The number of hydrogen-bond donors (Lipinski definition) is 2. The van der Waals surface area contributed by atoms with Gasteiger partial charge >= 0.3 is 5.97 Å². The Morgan fingerprint density at radius 2 is 1.86 bits per heavy atom. The van der Waals surface area contributed by atoms with Crippen LogP contribution in [-0.2, 0) is 4.79 Å². The maximum absolute atomic E-state index is 12.1. The Balaban J connectivity index is 2.22. The third kappa shape index (κ3) is 6.93. The third-order valence-corrected chi connectivity index (χ3v) is 3.75. The van der Waals surface area contributed by atoms with E-state index in [0.29, 0.717) is 17.9 Å². The lowest BCUT2D eigenvalue weighted by Crippen LogP contribution is -2.24. The number of carbonyl (C=O) groups excluding carboxylic acids is 1. The number of carbonyl (C=O) groups is 2. The molecule has 5 nitrogen and oxygen atoms in total. The van der Waals surface area contributed by atoms with Gasteiger partial charge in [-0.25, -0.2) is 0 Å². The summed E-state index contributed by atoms with van der Waals surface area (Å²) in [6.07, 6.45) is 4.73. The lowest BCUT2D eigenvalue weighted by atomic mass is 10.1. The van der Waals surface area contributed by atoms with Gasteiger partial charge in [0.2, 0.25) is 0 Å². The Kier molecular flexibility index (Phi) is 8.58. The minimum atomic E-state index is -0.740. The van der Waals surface area contributed by atoms with E-state index in [2.05, 4.69) is 21.2 Å². The molecule has 0 bridgehead atoms. The second-order valence-corrected chi connectivity index (χ2v) is 5.93. The van der Waals surface area contributed by atoms with Crippen LogP contribution in [0.4, 0.5) is 0 Å². The van der Waals surface area contributed by atoms with Crippen LogP contribution in [0, 0.1) is 0 Å². The number of benzene rings is 1. The average Bonchev–Trinajstić information content (AvgIpc) is 2.49. The smallest absolute Gasteiger partial charge is 0.303 e. The van der Waals surface area contributed by atoms with Crippen molar-refractivity contribution in [3.05, 3.63) is 28.2 Å². The van der Waals surface area contributed by atoms with E-state index in [1.165, 1.54) is 7.11 Å². The van der Waals surface area contributed by atoms with Crippen molar-refractivity contribution in [2.45, 2.75) is 38.5 Å². The second kappa shape index (κ2) is 10.2. The van der Waals surface area contributed by atoms with Crippen LogP contribution in [0.2, 0.25) is 0 Å². The quantitative estimate of drug-likeness (QED) is 0.616. The highest BCUT2D eigenvalue weighted by molar-refractivity contribution is 9.10. The van der Waals surface area contributed by atoms with Gasteiger partial charge in [0.25, 0.3) is 5.91 Å². The summed E-state index contributed by atoms with van der Waals surface area (Å²) in [5, 5.41) is 11.4. The molecule has 1 aromatic rings. The molecule has 1 rings (SSSR count). The Morgan fingerprint density at radius 3 is 2.55 bits per heavy atom. The summed E-state index contributed by atoms with van der Waals surface area (Å²) in [5.41, 5.74) is 0.521. The first-order valence-electron chi connectivity index (χ1n) is 7.38. The van der Waals surface area contributed by atoms with E-state index in [1.54, 1.807) is 18.2 Å². The number of carboxylic acids is 1. The highest BCUT2D eigenvalue weighted by atomic mass is 79.9. The number of methoxy groups -OCH3 is 1. The van der Waals surface area contributed by atoms with E-state index in [1.807, 2.05) is 0 Å². The van der Waals surface area contributed by atoms with Crippen molar-refractivity contribution in [2.24, 2.45) is 0 Å². The third-order valence-electron chi connectivity index (χ3n) is 3.26. The van der Waals surface area contributed by atoms with Crippen LogP contribution >= 0.6 is 15.9 Å². The molecule has 122 valence electrons. The van der Waals surface area contributed by atoms with Crippen molar-refractivity contribution in [1.29, 1.82) is 0 Å². The number of hydrogen-bond acceptors (Lipinski definition) is 3. The zero-order valence-corrected chi connectivity index (χ0v) is 14.3. The van der Waals surface area contributed by atoms with Gasteiger partial charge in [-0.05, 0) is 31.0 Å². The second-order valence-electron chi connectivity index (χ2n) is 5.01. The number of ether oxygens (including phenoxy) is 1. The van der Waals surface area contributed by atoms with Crippen molar-refractivity contribution >= 4 is 27.8 Å². The molecule has 0 spiro atoms. The van der Waals surface area contributed by atoms with Crippen LogP contribution in [0.1, 0.15) is 48.9 Å². The minimum Gasteiger partial charge on any atom is -0.496 e. The van der Waals surface area contributed by atoms with E-state index in [4.69, 9.17) is 9.84 Å². The highest BCUT2D eigenvalue weighted by Crippen LogP contribution is 2.23. The summed E-state index contributed by atoms with van der Waals surface area (Å²) in [4.78, 5) is 22.4. The number of aliphatic carboxylic acids is 1. The van der Waals surface area contributed by atoms with Crippen LogP contribution in [0.15, 0.2) is 22.7 Å². The van der Waals surface area contributed by atoms with Gasteiger partial charge < -0.3 is 15.2 Å². The molecule has 0 aliphatic carbocycles. The van der Waals surface area contributed by atoms with Gasteiger partial charge in [-0.3, -0.25) is 9.59 Å². The first-order chi connectivity index (χ1) is 10.5. The van der Waals surface area contributed by atoms with Crippen LogP contribution in [0.25, 0.3) is 0 Å². The number of rotatable bonds is 10. The lowest BCUT2D eigenvalue weighted by molar-refractivity contribution is -0.137. The van der Waals surface area contributed by atoms with Gasteiger partial charge in [0.05, 0.1) is 12.7 Å². The van der Waals surface area contributed by atoms with Gasteiger partial charge in [0, 0.05) is 17.4 Å². The summed E-state index contributed by atoms with van der Waals surface area (Å²) in [7, 11) is 1.54. The highest BCUT2D eigenvalue weighted by Gasteiger charge is 2.11. The van der Waals surface area contributed by atoms with Crippen molar-refractivity contribution in [3.63, 3.8) is 0 Å². The van der Waals surface area contributed by atoms with Crippen molar-refractivity contribution in [1.82, 2.24) is 5.32 Å². The molecule has 0 fully saturated rings. The van der Waals surface area contributed by atoms with Crippen LogP contribution in [0.3, 0.4) is 0 Å². The molecule has 0 aliphatic rings. The number of carboxylic acid groups (broad SMARTS) is 1. The fourth-order valence-corrected chi connectivity index (χ4v) is 2.42. The van der Waals surface area contributed by atoms with Crippen molar-refractivity contribution < 1.29 is 19.4 Å². The zero-order chi connectivity index (χ0) is 16.4. The molecule has 0 heterocycles. The molecule has 0 aliphatic heterocycles. The number of nitrogens with one attached hydrogen (secondary N) is 1. The monoisotopic (exact) mass is 371 g/mol. The standard InChI is InChI=1S/C16H22BrNO4/c1-22-14-11-12(17)8-9-13(14)16(21)18-10-6-4-2-3-5-7-15(19)20/h8-9,11H,2-7,10H2,1H3,(H,18,21)(H,19,20). The first-order valence-corrected chi connectivity index (χ1v) is 8.17.